The first-order chi connectivity index (χ1) is 17.8. The zero-order valence-electron chi connectivity index (χ0n) is 20.4. The highest BCUT2D eigenvalue weighted by Crippen LogP contribution is 2.37. The fraction of sp³-hybridized carbons (Fsp3) is 0.393. The van der Waals surface area contributed by atoms with Crippen LogP contribution in [0.5, 0.6) is 5.75 Å². The topological polar surface area (TPSA) is 87.3 Å². The summed E-state index contributed by atoms with van der Waals surface area (Å²) < 4.78 is 54.9. The molecule has 37 heavy (non-hydrogen) atoms. The summed E-state index contributed by atoms with van der Waals surface area (Å²) in [5, 5.41) is 0. The molecule has 6 nitrogen and oxygen atoms in total. The second-order valence-electron chi connectivity index (χ2n) is 10.0. The molecule has 2 aliphatic rings. The van der Waals surface area contributed by atoms with Crippen molar-refractivity contribution in [1.29, 1.82) is 0 Å². The minimum Gasteiger partial charge on any atom is -0.485 e. The zero-order chi connectivity index (χ0) is 26.1. The van der Waals surface area contributed by atoms with Gasteiger partial charge in [0.05, 0.1) is 18.8 Å². The van der Waals surface area contributed by atoms with Crippen LogP contribution in [0.4, 0.5) is 13.2 Å². The number of carbonyl (C=O) groups is 1. The van der Waals surface area contributed by atoms with E-state index in [9.17, 15) is 18.0 Å². The van der Waals surface area contributed by atoms with Crippen molar-refractivity contribution in [2.75, 3.05) is 13.2 Å². The van der Waals surface area contributed by atoms with Gasteiger partial charge in [0, 0.05) is 37.0 Å². The number of Topliss-reactive ketones (excluding diaryl/α,β-unsaturated/α-hetero) is 1. The van der Waals surface area contributed by atoms with Crippen LogP contribution in [0.2, 0.25) is 0 Å². The van der Waals surface area contributed by atoms with E-state index >= 15 is 0 Å². The van der Waals surface area contributed by atoms with Crippen molar-refractivity contribution in [2.45, 2.75) is 50.7 Å². The highest BCUT2D eigenvalue weighted by atomic mass is 19.1. The molecule has 0 radical (unpaired) electrons. The van der Waals surface area contributed by atoms with Crippen LogP contribution in [0.3, 0.4) is 0 Å². The molecule has 2 aromatic heterocycles. The lowest BCUT2D eigenvalue weighted by molar-refractivity contribution is -0.0798. The molecule has 1 aliphatic heterocycles. The Labute approximate surface area is 213 Å². The first kappa shape index (κ1) is 25.4. The van der Waals surface area contributed by atoms with Gasteiger partial charge in [-0.1, -0.05) is 6.92 Å². The molecule has 5 rings (SSSR count). The summed E-state index contributed by atoms with van der Waals surface area (Å²) >= 11 is 0. The third-order valence-electron chi connectivity index (χ3n) is 7.01. The Kier molecular flexibility index (Phi) is 7.26. The van der Waals surface area contributed by atoms with Gasteiger partial charge in [0.1, 0.15) is 40.7 Å². The van der Waals surface area contributed by atoms with Crippen LogP contribution < -0.4 is 10.5 Å². The standard InChI is InChI=1S/C28H28F3N3O3/c1-15-6-16(8-18(32)7-15)21-4-5-33-12-17(21)9-26(35)25-3-2-22(29)28(34-25)27-23(30)10-19(11-24(27)31)37-20-13-36-14-20/h2-5,10-12,15-16,18,20H,6-9,13-14,32H2,1H3/t15-,16+,18-/m0/s1. The molecular formula is C28H28F3N3O3. The Bertz CT molecular complexity index is 1280. The average Bonchev–Trinajstić information content (AvgIpc) is 2.82. The van der Waals surface area contributed by atoms with E-state index in [0.29, 0.717) is 19.1 Å². The Morgan fingerprint density at radius 3 is 2.51 bits per heavy atom. The second-order valence-corrected chi connectivity index (χ2v) is 10.0. The fourth-order valence-electron chi connectivity index (χ4n) is 5.25. The Hall–Kier alpha value is -3.30. The van der Waals surface area contributed by atoms with Crippen molar-refractivity contribution in [3.05, 3.63) is 77.0 Å². The first-order valence-corrected chi connectivity index (χ1v) is 12.4. The molecule has 3 heterocycles. The quantitative estimate of drug-likeness (QED) is 0.450. The molecule has 1 aromatic carbocycles. The van der Waals surface area contributed by atoms with Gasteiger partial charge in [0.25, 0.3) is 0 Å². The van der Waals surface area contributed by atoms with Crippen molar-refractivity contribution in [1.82, 2.24) is 9.97 Å². The van der Waals surface area contributed by atoms with Crippen LogP contribution in [0.1, 0.15) is 53.7 Å². The van der Waals surface area contributed by atoms with Gasteiger partial charge in [-0.15, -0.1) is 0 Å². The Morgan fingerprint density at radius 2 is 1.84 bits per heavy atom. The molecule has 0 amide bonds. The molecular weight excluding hydrogens is 483 g/mol. The number of aromatic nitrogens is 2. The van der Waals surface area contributed by atoms with Gasteiger partial charge in [-0.05, 0) is 60.4 Å². The minimum absolute atomic E-state index is 0.0252. The van der Waals surface area contributed by atoms with Gasteiger partial charge < -0.3 is 15.2 Å². The molecule has 2 fully saturated rings. The lowest BCUT2D eigenvalue weighted by atomic mass is 9.75. The van der Waals surface area contributed by atoms with E-state index < -0.39 is 34.5 Å². The number of ether oxygens (including phenoxy) is 2. The van der Waals surface area contributed by atoms with Crippen LogP contribution in [0, 0.1) is 23.4 Å². The highest BCUT2D eigenvalue weighted by Gasteiger charge is 2.28. The number of nitrogens with zero attached hydrogens (tertiary/aromatic N) is 2. The summed E-state index contributed by atoms with van der Waals surface area (Å²) in [6, 6.07) is 6.17. The maximum Gasteiger partial charge on any atom is 0.185 e. The second kappa shape index (κ2) is 10.6. The molecule has 9 heteroatoms. The normalized spacial score (nSPS) is 21.9. The molecule has 2 N–H and O–H groups in total. The predicted molar refractivity (Wildman–Crippen MR) is 131 cm³/mol. The Morgan fingerprint density at radius 1 is 1.08 bits per heavy atom. The van der Waals surface area contributed by atoms with E-state index in [4.69, 9.17) is 15.2 Å². The average molecular weight is 512 g/mol. The summed E-state index contributed by atoms with van der Waals surface area (Å²) in [6.45, 7) is 2.83. The van der Waals surface area contributed by atoms with Gasteiger partial charge >= 0.3 is 0 Å². The van der Waals surface area contributed by atoms with E-state index in [2.05, 4.69) is 16.9 Å². The number of pyridine rings is 2. The summed E-state index contributed by atoms with van der Waals surface area (Å²) in [5.74, 6) is -2.78. The molecule has 3 atom stereocenters. The SMILES string of the molecule is C[C@@H]1C[C@H](N)C[C@H](c2ccncc2CC(=O)c2ccc(F)c(-c3c(F)cc(OC4COC4)cc3F)n2)C1. The number of hydrogen-bond donors (Lipinski definition) is 1. The molecule has 194 valence electrons. The van der Waals surface area contributed by atoms with Crippen molar-refractivity contribution in [3.8, 4) is 17.0 Å². The van der Waals surface area contributed by atoms with E-state index in [1.165, 1.54) is 6.07 Å². The van der Waals surface area contributed by atoms with Gasteiger partial charge in [-0.25, -0.2) is 18.2 Å². The fourth-order valence-corrected chi connectivity index (χ4v) is 5.25. The van der Waals surface area contributed by atoms with Crippen LogP contribution in [0.15, 0.2) is 42.7 Å². The zero-order valence-corrected chi connectivity index (χ0v) is 20.4. The largest absolute Gasteiger partial charge is 0.485 e. The number of nitrogens with two attached hydrogens (primary N) is 1. The van der Waals surface area contributed by atoms with Gasteiger partial charge in [0.2, 0.25) is 0 Å². The molecule has 0 spiro atoms. The number of halogens is 3. The van der Waals surface area contributed by atoms with Crippen molar-refractivity contribution >= 4 is 5.78 Å². The number of ketones is 1. The van der Waals surface area contributed by atoms with Crippen LogP contribution >= 0.6 is 0 Å². The van der Waals surface area contributed by atoms with Crippen molar-refractivity contribution < 1.29 is 27.4 Å². The molecule has 1 saturated carbocycles. The monoisotopic (exact) mass is 511 g/mol. The molecule has 3 aromatic rings. The highest BCUT2D eigenvalue weighted by molar-refractivity contribution is 5.96. The molecule has 0 bridgehead atoms. The lowest BCUT2D eigenvalue weighted by Crippen LogP contribution is -2.38. The number of hydrogen-bond acceptors (Lipinski definition) is 6. The van der Waals surface area contributed by atoms with E-state index in [1.807, 2.05) is 6.07 Å². The van der Waals surface area contributed by atoms with Crippen LogP contribution in [0.25, 0.3) is 11.3 Å². The van der Waals surface area contributed by atoms with Gasteiger partial charge in [-0.3, -0.25) is 9.78 Å². The smallest absolute Gasteiger partial charge is 0.185 e. The molecule has 1 saturated heterocycles. The summed E-state index contributed by atoms with van der Waals surface area (Å²) in [5.41, 5.74) is 6.68. The maximum atomic E-state index is 14.9. The maximum absolute atomic E-state index is 14.9. The summed E-state index contributed by atoms with van der Waals surface area (Å²) in [6.07, 6.45) is 5.78. The van der Waals surface area contributed by atoms with Crippen LogP contribution in [-0.2, 0) is 11.2 Å². The van der Waals surface area contributed by atoms with E-state index in [-0.39, 0.29) is 35.9 Å². The van der Waals surface area contributed by atoms with Crippen molar-refractivity contribution in [2.24, 2.45) is 11.7 Å². The Balaban J connectivity index is 1.40. The summed E-state index contributed by atoms with van der Waals surface area (Å²) in [7, 11) is 0. The lowest BCUT2D eigenvalue weighted by Gasteiger charge is -2.32. The third-order valence-corrected chi connectivity index (χ3v) is 7.01. The predicted octanol–water partition coefficient (Wildman–Crippen LogP) is 4.99. The number of carbonyl (C=O) groups excluding carboxylic acids is 1. The minimum atomic E-state index is -1.04. The van der Waals surface area contributed by atoms with Gasteiger partial charge in [0.15, 0.2) is 5.78 Å². The molecule has 0 unspecified atom stereocenters. The summed E-state index contributed by atoms with van der Waals surface area (Å²) in [4.78, 5) is 21.4. The third kappa shape index (κ3) is 5.52. The van der Waals surface area contributed by atoms with Crippen molar-refractivity contribution in [3.63, 3.8) is 0 Å². The van der Waals surface area contributed by atoms with Gasteiger partial charge in [-0.2, -0.15) is 0 Å². The van der Waals surface area contributed by atoms with E-state index in [0.717, 1.165) is 48.6 Å². The molecule has 1 aliphatic carbocycles. The number of rotatable bonds is 7. The number of benzene rings is 1. The first-order valence-electron chi connectivity index (χ1n) is 12.4. The van der Waals surface area contributed by atoms with Crippen LogP contribution in [-0.4, -0.2) is 41.1 Å². The van der Waals surface area contributed by atoms with E-state index in [1.54, 1.807) is 12.4 Å².